The van der Waals surface area contributed by atoms with Gasteiger partial charge in [0.1, 0.15) is 0 Å². The number of nitrogens with zero attached hydrogens (tertiary/aromatic N) is 1. The van der Waals surface area contributed by atoms with E-state index in [4.69, 9.17) is 4.74 Å². The van der Waals surface area contributed by atoms with Crippen molar-refractivity contribution in [2.45, 2.75) is 25.8 Å². The zero-order chi connectivity index (χ0) is 17.1. The number of rotatable bonds is 4. The summed E-state index contributed by atoms with van der Waals surface area (Å²) in [6.45, 7) is 1.25. The number of esters is 1. The van der Waals surface area contributed by atoms with Gasteiger partial charge in [0, 0.05) is 17.1 Å². The molecule has 7 nitrogen and oxygen atoms in total. The molecule has 3 rings (SSSR count). The summed E-state index contributed by atoms with van der Waals surface area (Å²) in [6.07, 6.45) is 1.84. The monoisotopic (exact) mass is 327 g/mol. The second kappa shape index (κ2) is 6.66. The Morgan fingerprint density at radius 1 is 1.25 bits per heavy atom. The molecule has 1 aliphatic rings. The van der Waals surface area contributed by atoms with E-state index in [0.717, 1.165) is 12.8 Å². The van der Waals surface area contributed by atoms with Gasteiger partial charge in [-0.25, -0.2) is 9.59 Å². The van der Waals surface area contributed by atoms with Crippen LogP contribution in [0, 0.1) is 6.92 Å². The molecular formula is C17H17N3O4. The van der Waals surface area contributed by atoms with Crippen molar-refractivity contribution >= 4 is 28.8 Å². The van der Waals surface area contributed by atoms with Crippen molar-refractivity contribution in [1.29, 1.82) is 0 Å². The van der Waals surface area contributed by atoms with E-state index in [1.165, 1.54) is 0 Å². The van der Waals surface area contributed by atoms with Crippen molar-refractivity contribution in [1.82, 2.24) is 15.6 Å². The van der Waals surface area contributed by atoms with Crippen LogP contribution in [-0.4, -0.2) is 35.5 Å². The highest BCUT2D eigenvalue weighted by Gasteiger charge is 2.24. The molecule has 0 atom stereocenters. The minimum atomic E-state index is -0.670. The van der Waals surface area contributed by atoms with Crippen molar-refractivity contribution in [3.05, 3.63) is 41.6 Å². The number of aromatic nitrogens is 1. The van der Waals surface area contributed by atoms with E-state index in [-0.39, 0.29) is 6.04 Å². The van der Waals surface area contributed by atoms with Gasteiger partial charge in [0.2, 0.25) is 0 Å². The zero-order valence-corrected chi connectivity index (χ0v) is 13.2. The molecule has 0 unspecified atom stereocenters. The number of urea groups is 1. The summed E-state index contributed by atoms with van der Waals surface area (Å²) in [5.74, 6) is -1.30. The highest BCUT2D eigenvalue weighted by molar-refractivity contribution is 6.04. The Kier molecular flexibility index (Phi) is 4.41. The van der Waals surface area contributed by atoms with E-state index in [2.05, 4.69) is 15.6 Å². The van der Waals surface area contributed by atoms with Gasteiger partial charge in [-0.3, -0.25) is 15.1 Å². The van der Waals surface area contributed by atoms with Crippen LogP contribution in [0.4, 0.5) is 4.79 Å². The normalized spacial score (nSPS) is 13.4. The second-order valence-electron chi connectivity index (χ2n) is 5.70. The summed E-state index contributed by atoms with van der Waals surface area (Å²) in [5, 5.41) is 5.40. The van der Waals surface area contributed by atoms with Gasteiger partial charge in [-0.1, -0.05) is 18.2 Å². The standard InChI is InChI=1S/C17H17N3O4/c1-10-8-13(12-4-2-3-5-14(12)18-10)16(22)24-9-15(21)20-17(23)19-11-6-7-11/h2-5,8,11H,6-7,9H2,1H3,(H2,19,20,21,23). The molecule has 124 valence electrons. The summed E-state index contributed by atoms with van der Waals surface area (Å²) in [5.41, 5.74) is 1.69. The van der Waals surface area contributed by atoms with Crippen molar-refractivity contribution in [3.63, 3.8) is 0 Å². The number of carbonyl (C=O) groups excluding carboxylic acids is 3. The van der Waals surface area contributed by atoms with Crippen LogP contribution in [0.2, 0.25) is 0 Å². The summed E-state index contributed by atoms with van der Waals surface area (Å²) in [6, 6.07) is 8.38. The number of para-hydroxylation sites is 1. The first-order valence-electron chi connectivity index (χ1n) is 7.67. The molecule has 1 aromatic heterocycles. The van der Waals surface area contributed by atoms with E-state index in [1.807, 2.05) is 6.07 Å². The Balaban J connectivity index is 1.62. The molecule has 0 radical (unpaired) electrons. The minimum Gasteiger partial charge on any atom is -0.452 e. The number of carbonyl (C=O) groups is 3. The molecule has 2 N–H and O–H groups in total. The number of ether oxygens (including phenoxy) is 1. The van der Waals surface area contributed by atoms with Gasteiger partial charge >= 0.3 is 12.0 Å². The smallest absolute Gasteiger partial charge is 0.339 e. The Morgan fingerprint density at radius 2 is 2.00 bits per heavy atom. The SMILES string of the molecule is Cc1cc(C(=O)OCC(=O)NC(=O)NC2CC2)c2ccccc2n1. The maximum atomic E-state index is 12.3. The van der Waals surface area contributed by atoms with Crippen LogP contribution in [0.3, 0.4) is 0 Å². The number of benzene rings is 1. The lowest BCUT2D eigenvalue weighted by Gasteiger charge is -2.09. The van der Waals surface area contributed by atoms with Gasteiger partial charge in [-0.2, -0.15) is 0 Å². The number of nitrogens with one attached hydrogen (secondary N) is 2. The number of imide groups is 1. The molecule has 1 aromatic carbocycles. The van der Waals surface area contributed by atoms with E-state index < -0.39 is 24.5 Å². The highest BCUT2D eigenvalue weighted by Crippen LogP contribution is 2.19. The predicted molar refractivity (Wildman–Crippen MR) is 86.5 cm³/mol. The molecule has 2 aromatic rings. The Bertz CT molecular complexity index is 815. The van der Waals surface area contributed by atoms with E-state index in [1.54, 1.807) is 31.2 Å². The number of pyridine rings is 1. The first-order chi connectivity index (χ1) is 11.5. The Morgan fingerprint density at radius 3 is 2.75 bits per heavy atom. The molecule has 7 heteroatoms. The summed E-state index contributed by atoms with van der Waals surface area (Å²) in [7, 11) is 0. The molecule has 0 bridgehead atoms. The number of aryl methyl sites for hydroxylation is 1. The van der Waals surface area contributed by atoms with Gasteiger partial charge in [0.15, 0.2) is 6.61 Å². The van der Waals surface area contributed by atoms with Gasteiger partial charge in [-0.05, 0) is 31.9 Å². The molecule has 0 aliphatic heterocycles. The highest BCUT2D eigenvalue weighted by atomic mass is 16.5. The van der Waals surface area contributed by atoms with Gasteiger partial charge in [-0.15, -0.1) is 0 Å². The number of hydrogen-bond donors (Lipinski definition) is 2. The van der Waals surface area contributed by atoms with E-state index >= 15 is 0 Å². The summed E-state index contributed by atoms with van der Waals surface area (Å²) in [4.78, 5) is 39.7. The Labute approximate surface area is 138 Å². The van der Waals surface area contributed by atoms with E-state index in [0.29, 0.717) is 22.2 Å². The molecule has 1 saturated carbocycles. The van der Waals surface area contributed by atoms with Crippen LogP contribution in [0.25, 0.3) is 10.9 Å². The quantitative estimate of drug-likeness (QED) is 0.833. The van der Waals surface area contributed by atoms with Gasteiger partial charge in [0.25, 0.3) is 5.91 Å². The zero-order valence-electron chi connectivity index (χ0n) is 13.2. The molecule has 1 heterocycles. The largest absolute Gasteiger partial charge is 0.452 e. The first kappa shape index (κ1) is 15.9. The average molecular weight is 327 g/mol. The lowest BCUT2D eigenvalue weighted by molar-refractivity contribution is -0.123. The van der Waals surface area contributed by atoms with Crippen LogP contribution < -0.4 is 10.6 Å². The average Bonchev–Trinajstić information content (AvgIpc) is 3.35. The molecule has 1 aliphatic carbocycles. The molecular weight excluding hydrogens is 310 g/mol. The summed E-state index contributed by atoms with van der Waals surface area (Å²) >= 11 is 0. The molecule has 3 amide bonds. The van der Waals surface area contributed by atoms with Gasteiger partial charge < -0.3 is 10.1 Å². The summed E-state index contributed by atoms with van der Waals surface area (Å²) < 4.78 is 5.02. The fraction of sp³-hybridized carbons (Fsp3) is 0.294. The lowest BCUT2D eigenvalue weighted by Crippen LogP contribution is -2.42. The first-order valence-corrected chi connectivity index (χ1v) is 7.67. The maximum Gasteiger partial charge on any atom is 0.339 e. The van der Waals surface area contributed by atoms with Crippen molar-refractivity contribution < 1.29 is 19.1 Å². The number of hydrogen-bond acceptors (Lipinski definition) is 5. The van der Waals surface area contributed by atoms with Crippen LogP contribution in [-0.2, 0) is 9.53 Å². The number of amides is 3. The lowest BCUT2D eigenvalue weighted by atomic mass is 10.1. The van der Waals surface area contributed by atoms with E-state index in [9.17, 15) is 14.4 Å². The van der Waals surface area contributed by atoms with Crippen LogP contribution >= 0.6 is 0 Å². The molecule has 0 saturated heterocycles. The van der Waals surface area contributed by atoms with Crippen LogP contribution in [0.1, 0.15) is 28.9 Å². The third kappa shape index (κ3) is 3.87. The Hall–Kier alpha value is -2.96. The number of fused-ring (bicyclic) bond motifs is 1. The van der Waals surface area contributed by atoms with Crippen LogP contribution in [0.5, 0.6) is 0 Å². The maximum absolute atomic E-state index is 12.3. The second-order valence-corrected chi connectivity index (χ2v) is 5.70. The minimum absolute atomic E-state index is 0.145. The topological polar surface area (TPSA) is 97.4 Å². The predicted octanol–water partition coefficient (Wildman–Crippen LogP) is 1.69. The fourth-order valence-electron chi connectivity index (χ4n) is 2.30. The molecule has 0 spiro atoms. The molecule has 24 heavy (non-hydrogen) atoms. The van der Waals surface area contributed by atoms with Crippen molar-refractivity contribution in [3.8, 4) is 0 Å². The third-order valence-electron chi connectivity index (χ3n) is 3.56. The fourth-order valence-corrected chi connectivity index (χ4v) is 2.30. The van der Waals surface area contributed by atoms with Crippen molar-refractivity contribution in [2.24, 2.45) is 0 Å². The molecule has 1 fully saturated rings. The van der Waals surface area contributed by atoms with Crippen molar-refractivity contribution in [2.75, 3.05) is 6.61 Å². The van der Waals surface area contributed by atoms with Gasteiger partial charge in [0.05, 0.1) is 11.1 Å². The third-order valence-corrected chi connectivity index (χ3v) is 3.56. The van der Waals surface area contributed by atoms with Crippen LogP contribution in [0.15, 0.2) is 30.3 Å².